The Bertz CT molecular complexity index is 652. The summed E-state index contributed by atoms with van der Waals surface area (Å²) in [6.45, 7) is 7.11. The summed E-state index contributed by atoms with van der Waals surface area (Å²) in [7, 11) is 1.67. The highest BCUT2D eigenvalue weighted by molar-refractivity contribution is 5.79. The molecule has 0 spiro atoms. The van der Waals surface area contributed by atoms with Crippen molar-refractivity contribution in [2.24, 2.45) is 4.99 Å². The van der Waals surface area contributed by atoms with Crippen LogP contribution in [0.25, 0.3) is 0 Å². The number of aliphatic imine (C=N–C) groups is 1. The van der Waals surface area contributed by atoms with Gasteiger partial charge in [0.1, 0.15) is 17.9 Å². The highest BCUT2D eigenvalue weighted by Gasteiger charge is 2.02. The molecule has 1 heterocycles. The van der Waals surface area contributed by atoms with E-state index in [9.17, 15) is 0 Å². The summed E-state index contributed by atoms with van der Waals surface area (Å²) in [6, 6.07) is 7.95. The van der Waals surface area contributed by atoms with Crippen LogP contribution in [0.3, 0.4) is 0 Å². The Labute approximate surface area is 143 Å². The third kappa shape index (κ3) is 5.26. The number of hydrogen-bond acceptors (Lipinski definition) is 4. The van der Waals surface area contributed by atoms with Crippen LogP contribution < -0.4 is 15.4 Å². The maximum atomic E-state index is 5.24. The lowest BCUT2D eigenvalue weighted by atomic mass is 10.2. The number of benzene rings is 1. The van der Waals surface area contributed by atoms with E-state index in [4.69, 9.17) is 4.74 Å². The molecule has 1 aromatic carbocycles. The van der Waals surface area contributed by atoms with Gasteiger partial charge in [0.05, 0.1) is 13.7 Å². The molecular formula is C17H26N6O. The average Bonchev–Trinajstić information content (AvgIpc) is 3.07. The first-order valence-electron chi connectivity index (χ1n) is 8.28. The molecule has 2 aromatic rings. The molecule has 0 bridgehead atoms. The minimum Gasteiger partial charge on any atom is -0.497 e. The molecule has 0 aliphatic rings. The summed E-state index contributed by atoms with van der Waals surface area (Å²) in [6.07, 6.45) is 2.64. The van der Waals surface area contributed by atoms with Crippen molar-refractivity contribution < 1.29 is 4.74 Å². The Balaban J connectivity index is 1.90. The van der Waals surface area contributed by atoms with Crippen molar-refractivity contribution in [1.29, 1.82) is 0 Å². The summed E-state index contributed by atoms with van der Waals surface area (Å²) >= 11 is 0. The van der Waals surface area contributed by atoms with E-state index < -0.39 is 0 Å². The van der Waals surface area contributed by atoms with Gasteiger partial charge >= 0.3 is 0 Å². The zero-order chi connectivity index (χ0) is 17.2. The first kappa shape index (κ1) is 17.8. The van der Waals surface area contributed by atoms with E-state index in [1.165, 1.54) is 0 Å². The molecule has 130 valence electrons. The zero-order valence-corrected chi connectivity index (χ0v) is 14.6. The fraction of sp³-hybridized carbons (Fsp3) is 0.471. The second-order valence-corrected chi connectivity index (χ2v) is 5.27. The van der Waals surface area contributed by atoms with E-state index in [2.05, 4.69) is 44.2 Å². The quantitative estimate of drug-likeness (QED) is 0.568. The van der Waals surface area contributed by atoms with E-state index in [1.54, 1.807) is 13.4 Å². The smallest absolute Gasteiger partial charge is 0.191 e. The van der Waals surface area contributed by atoms with Gasteiger partial charge in [0.2, 0.25) is 0 Å². The maximum absolute atomic E-state index is 5.24. The van der Waals surface area contributed by atoms with Gasteiger partial charge in [0.15, 0.2) is 5.96 Å². The van der Waals surface area contributed by atoms with Crippen molar-refractivity contribution in [3.8, 4) is 5.75 Å². The van der Waals surface area contributed by atoms with Gasteiger partial charge in [0, 0.05) is 26.1 Å². The fourth-order valence-corrected chi connectivity index (χ4v) is 2.32. The van der Waals surface area contributed by atoms with E-state index in [0.29, 0.717) is 6.54 Å². The van der Waals surface area contributed by atoms with Crippen LogP contribution >= 0.6 is 0 Å². The van der Waals surface area contributed by atoms with Crippen LogP contribution in [-0.4, -0.2) is 40.9 Å². The molecule has 24 heavy (non-hydrogen) atoms. The first-order chi connectivity index (χ1) is 11.8. The normalized spacial score (nSPS) is 11.4. The van der Waals surface area contributed by atoms with Gasteiger partial charge in [-0.15, -0.1) is 10.2 Å². The number of methoxy groups -OCH3 is 1. The fourth-order valence-electron chi connectivity index (χ4n) is 2.32. The van der Waals surface area contributed by atoms with Crippen LogP contribution in [0.15, 0.2) is 35.6 Å². The monoisotopic (exact) mass is 330 g/mol. The number of ether oxygens (including phenoxy) is 1. The Morgan fingerprint density at radius 1 is 1.29 bits per heavy atom. The van der Waals surface area contributed by atoms with E-state index in [1.807, 2.05) is 24.3 Å². The molecule has 0 amide bonds. The maximum Gasteiger partial charge on any atom is 0.191 e. The lowest BCUT2D eigenvalue weighted by molar-refractivity contribution is 0.414. The largest absolute Gasteiger partial charge is 0.497 e. The van der Waals surface area contributed by atoms with Gasteiger partial charge in [-0.25, -0.2) is 4.99 Å². The van der Waals surface area contributed by atoms with Crippen LogP contribution in [0.5, 0.6) is 5.75 Å². The van der Waals surface area contributed by atoms with E-state index >= 15 is 0 Å². The second-order valence-electron chi connectivity index (χ2n) is 5.27. The molecule has 0 saturated carbocycles. The molecule has 0 saturated heterocycles. The van der Waals surface area contributed by atoms with Gasteiger partial charge in [-0.05, 0) is 24.6 Å². The van der Waals surface area contributed by atoms with Crippen LogP contribution in [0.1, 0.15) is 25.2 Å². The second kappa shape index (κ2) is 9.54. The molecule has 2 N–H and O–H groups in total. The van der Waals surface area contributed by atoms with Crippen molar-refractivity contribution in [1.82, 2.24) is 25.4 Å². The van der Waals surface area contributed by atoms with Gasteiger partial charge in [-0.2, -0.15) is 0 Å². The minimum absolute atomic E-state index is 0.597. The minimum atomic E-state index is 0.597. The van der Waals surface area contributed by atoms with E-state index in [0.717, 1.165) is 49.2 Å². The van der Waals surface area contributed by atoms with Crippen molar-refractivity contribution in [3.63, 3.8) is 0 Å². The number of guanidine groups is 1. The number of nitrogens with zero attached hydrogens (tertiary/aromatic N) is 4. The van der Waals surface area contributed by atoms with Crippen molar-refractivity contribution >= 4 is 5.96 Å². The average molecular weight is 330 g/mol. The van der Waals surface area contributed by atoms with Crippen LogP contribution in [0, 0.1) is 0 Å². The molecule has 0 radical (unpaired) electrons. The summed E-state index contributed by atoms with van der Waals surface area (Å²) < 4.78 is 7.30. The predicted octanol–water partition coefficient (Wildman–Crippen LogP) is 1.60. The summed E-state index contributed by atoms with van der Waals surface area (Å²) in [5.41, 5.74) is 1.11. The van der Waals surface area contributed by atoms with Crippen molar-refractivity contribution in [2.45, 2.75) is 33.4 Å². The van der Waals surface area contributed by atoms with Gasteiger partial charge in [-0.3, -0.25) is 0 Å². The molecule has 0 unspecified atom stereocenters. The molecule has 7 nitrogen and oxygen atoms in total. The van der Waals surface area contributed by atoms with Gasteiger partial charge < -0.3 is 19.9 Å². The third-order valence-corrected chi connectivity index (χ3v) is 3.56. The molecule has 0 aliphatic heterocycles. The Hall–Kier alpha value is -2.57. The lowest BCUT2D eigenvalue weighted by Gasteiger charge is -2.12. The van der Waals surface area contributed by atoms with Crippen molar-refractivity contribution in [2.75, 3.05) is 20.2 Å². The van der Waals surface area contributed by atoms with Crippen LogP contribution in [0.4, 0.5) is 0 Å². The highest BCUT2D eigenvalue weighted by atomic mass is 16.5. The van der Waals surface area contributed by atoms with Crippen molar-refractivity contribution in [3.05, 3.63) is 42.0 Å². The Kier molecular flexibility index (Phi) is 7.07. The molecule has 2 rings (SSSR count). The van der Waals surface area contributed by atoms with Crippen LogP contribution in [0.2, 0.25) is 0 Å². The summed E-state index contributed by atoms with van der Waals surface area (Å²) in [4.78, 5) is 4.62. The van der Waals surface area contributed by atoms with Gasteiger partial charge in [-0.1, -0.05) is 19.1 Å². The van der Waals surface area contributed by atoms with Crippen LogP contribution in [-0.2, 0) is 19.5 Å². The summed E-state index contributed by atoms with van der Waals surface area (Å²) in [5.74, 6) is 2.64. The molecule has 0 fully saturated rings. The summed E-state index contributed by atoms with van der Waals surface area (Å²) in [5, 5.41) is 14.6. The third-order valence-electron chi connectivity index (χ3n) is 3.56. The number of nitrogens with one attached hydrogen (secondary N) is 2. The molecule has 0 aliphatic carbocycles. The number of rotatable bonds is 8. The Morgan fingerprint density at radius 3 is 2.92 bits per heavy atom. The van der Waals surface area contributed by atoms with E-state index in [-0.39, 0.29) is 0 Å². The standard InChI is InChI=1S/C17H26N6O/c1-4-16-22-21-13-23(16)10-9-19-17(18-5-2)20-12-14-7-6-8-15(11-14)24-3/h6-8,11,13H,4-5,9-10,12H2,1-3H3,(H2,18,19,20). The Morgan fingerprint density at radius 2 is 2.17 bits per heavy atom. The lowest BCUT2D eigenvalue weighted by Crippen LogP contribution is -2.38. The molecule has 1 aromatic heterocycles. The predicted molar refractivity (Wildman–Crippen MR) is 95.2 cm³/mol. The topological polar surface area (TPSA) is 76.4 Å². The SMILES string of the molecule is CCNC(=NCc1cccc(OC)c1)NCCn1cnnc1CC. The molecule has 0 atom stereocenters. The molecular weight excluding hydrogens is 304 g/mol. The van der Waals surface area contributed by atoms with Gasteiger partial charge in [0.25, 0.3) is 0 Å². The number of aromatic nitrogens is 3. The number of hydrogen-bond donors (Lipinski definition) is 2. The first-order valence-corrected chi connectivity index (χ1v) is 8.28. The molecule has 7 heteroatoms. The zero-order valence-electron chi connectivity index (χ0n) is 14.6. The highest BCUT2D eigenvalue weighted by Crippen LogP contribution is 2.13. The number of aryl methyl sites for hydroxylation is 1.